The Morgan fingerprint density at radius 3 is 2.30 bits per heavy atom. The predicted octanol–water partition coefficient (Wildman–Crippen LogP) is -1.10. The number of rotatable bonds is 1. The summed E-state index contributed by atoms with van der Waals surface area (Å²) in [4.78, 5) is 21.7. The van der Waals surface area contributed by atoms with Gasteiger partial charge in [-0.1, -0.05) is 0 Å². The van der Waals surface area contributed by atoms with Gasteiger partial charge in [0, 0.05) is 13.6 Å². The Morgan fingerprint density at radius 1 is 1.50 bits per heavy atom. The van der Waals surface area contributed by atoms with Crippen molar-refractivity contribution in [2.24, 2.45) is 7.05 Å². The van der Waals surface area contributed by atoms with E-state index < -0.39 is 0 Å². The highest BCUT2D eigenvalue weighted by Gasteiger charge is 2.01. The Bertz CT molecular complexity index is 329. The predicted molar refractivity (Wildman–Crippen MR) is 36.0 cm³/mol. The van der Waals surface area contributed by atoms with E-state index in [4.69, 9.17) is 0 Å². The number of nitrogens with one attached hydrogen (secondary N) is 1. The summed E-state index contributed by atoms with van der Waals surface area (Å²) in [6.45, 7) is 2.16. The lowest BCUT2D eigenvalue weighted by Crippen LogP contribution is -2.27. The number of H-pyrrole nitrogens is 1. The summed E-state index contributed by atoms with van der Waals surface area (Å²) >= 11 is 0. The van der Waals surface area contributed by atoms with Gasteiger partial charge in [0.1, 0.15) is 0 Å². The van der Waals surface area contributed by atoms with Gasteiger partial charge >= 0.3 is 11.4 Å². The van der Waals surface area contributed by atoms with Crippen molar-refractivity contribution in [1.29, 1.82) is 0 Å². The molecule has 56 valence electrons. The summed E-state index contributed by atoms with van der Waals surface area (Å²) < 4.78 is 2.28. The fourth-order valence-electron chi connectivity index (χ4n) is 0.798. The van der Waals surface area contributed by atoms with Crippen molar-refractivity contribution < 1.29 is 0 Å². The lowest BCUT2D eigenvalue weighted by atomic mass is 10.7. The van der Waals surface area contributed by atoms with Crippen molar-refractivity contribution >= 4 is 0 Å². The van der Waals surface area contributed by atoms with E-state index in [1.807, 2.05) is 0 Å². The van der Waals surface area contributed by atoms with E-state index in [1.54, 1.807) is 6.92 Å². The Morgan fingerprint density at radius 2 is 2.10 bits per heavy atom. The van der Waals surface area contributed by atoms with Gasteiger partial charge in [-0.25, -0.2) is 23.9 Å². The molecule has 0 amide bonds. The summed E-state index contributed by atoms with van der Waals surface area (Å²) in [5, 5.41) is 2.34. The second kappa shape index (κ2) is 2.17. The van der Waals surface area contributed by atoms with E-state index >= 15 is 0 Å². The van der Waals surface area contributed by atoms with Crippen LogP contribution in [0.4, 0.5) is 0 Å². The van der Waals surface area contributed by atoms with E-state index in [0.29, 0.717) is 6.54 Å². The number of aromatic nitrogens is 3. The Hall–Kier alpha value is -1.26. The molecule has 0 saturated carbocycles. The highest BCUT2D eigenvalue weighted by molar-refractivity contribution is 4.66. The third kappa shape index (κ3) is 0.792. The van der Waals surface area contributed by atoms with E-state index in [9.17, 15) is 9.59 Å². The fourth-order valence-corrected chi connectivity index (χ4v) is 0.798. The Balaban J connectivity index is 3.49. The molecule has 0 aliphatic rings. The van der Waals surface area contributed by atoms with Crippen molar-refractivity contribution in [3.05, 3.63) is 21.0 Å². The molecular formula is C5H9N3O2. The molecular weight excluding hydrogens is 134 g/mol. The normalized spacial score (nSPS) is 10.2. The maximum atomic E-state index is 10.9. The summed E-state index contributed by atoms with van der Waals surface area (Å²) in [6, 6.07) is 0. The zero-order valence-corrected chi connectivity index (χ0v) is 5.92. The quantitative estimate of drug-likeness (QED) is 0.542. The summed E-state index contributed by atoms with van der Waals surface area (Å²) in [6.07, 6.45) is 0. The molecule has 1 rings (SSSR count). The van der Waals surface area contributed by atoms with Crippen molar-refractivity contribution in [3.8, 4) is 0 Å². The molecule has 0 radical (unpaired) electrons. The first-order valence-electron chi connectivity index (χ1n) is 3.02. The van der Waals surface area contributed by atoms with Crippen LogP contribution in [0.25, 0.3) is 0 Å². The lowest BCUT2D eigenvalue weighted by molar-refractivity contribution is 0.673. The third-order valence-corrected chi connectivity index (χ3v) is 1.34. The van der Waals surface area contributed by atoms with Gasteiger partial charge in [0.05, 0.1) is 0 Å². The summed E-state index contributed by atoms with van der Waals surface area (Å²) in [5.74, 6) is 0. The first-order valence-corrected chi connectivity index (χ1v) is 3.02. The second-order valence-corrected chi connectivity index (χ2v) is 2.00. The summed E-state index contributed by atoms with van der Waals surface area (Å²) in [5.41, 5.74) is -0.650. The molecule has 0 aromatic carbocycles. The lowest BCUT2D eigenvalue weighted by Gasteiger charge is -1.86. The van der Waals surface area contributed by atoms with E-state index in [0.717, 1.165) is 9.25 Å². The molecule has 1 N–H and O–H groups in total. The molecule has 0 bridgehead atoms. The van der Waals surface area contributed by atoms with Gasteiger partial charge in [-0.2, -0.15) is 0 Å². The largest absolute Gasteiger partial charge is 0.346 e. The van der Waals surface area contributed by atoms with Crippen LogP contribution >= 0.6 is 0 Å². The minimum absolute atomic E-state index is 0.299. The van der Waals surface area contributed by atoms with Crippen molar-refractivity contribution in [3.63, 3.8) is 0 Å². The van der Waals surface area contributed by atoms with Crippen LogP contribution in [0.5, 0.6) is 0 Å². The van der Waals surface area contributed by atoms with Crippen LogP contribution in [-0.2, 0) is 13.6 Å². The molecule has 0 fully saturated rings. The standard InChI is InChI=1S/C5H9N3O2/c1-3-8-4(9)6-7(2)5(8)10/h3H2,1-2H3,(H,6,9). The van der Waals surface area contributed by atoms with Gasteiger partial charge in [0.15, 0.2) is 0 Å². The van der Waals surface area contributed by atoms with Crippen LogP contribution in [0.1, 0.15) is 6.92 Å². The molecule has 1 aromatic rings. The molecule has 1 heterocycles. The monoisotopic (exact) mass is 143 g/mol. The van der Waals surface area contributed by atoms with Gasteiger partial charge in [0.2, 0.25) is 0 Å². The number of hydrogen-bond donors (Lipinski definition) is 1. The minimum Gasteiger partial charge on any atom is -0.246 e. The van der Waals surface area contributed by atoms with Crippen LogP contribution in [0, 0.1) is 0 Å². The third-order valence-electron chi connectivity index (χ3n) is 1.34. The van der Waals surface area contributed by atoms with Gasteiger partial charge in [-0.05, 0) is 6.92 Å². The smallest absolute Gasteiger partial charge is 0.246 e. The Kier molecular flexibility index (Phi) is 1.48. The van der Waals surface area contributed by atoms with Gasteiger partial charge < -0.3 is 0 Å². The molecule has 0 aliphatic carbocycles. The average molecular weight is 143 g/mol. The average Bonchev–Trinajstić information content (AvgIpc) is 2.09. The zero-order valence-electron chi connectivity index (χ0n) is 5.92. The van der Waals surface area contributed by atoms with Crippen LogP contribution < -0.4 is 11.4 Å². The van der Waals surface area contributed by atoms with E-state index in [2.05, 4.69) is 5.10 Å². The topological polar surface area (TPSA) is 59.8 Å². The SMILES string of the molecule is CCn1c(=O)[nH]n(C)c1=O. The first kappa shape index (κ1) is 6.85. The molecule has 0 aliphatic heterocycles. The molecule has 5 heteroatoms. The fraction of sp³-hybridized carbons (Fsp3) is 0.600. The molecule has 1 aromatic heterocycles. The van der Waals surface area contributed by atoms with Crippen LogP contribution in [-0.4, -0.2) is 14.3 Å². The molecule has 10 heavy (non-hydrogen) atoms. The molecule has 0 unspecified atom stereocenters. The highest BCUT2D eigenvalue weighted by atomic mass is 16.2. The van der Waals surface area contributed by atoms with Crippen LogP contribution in [0.3, 0.4) is 0 Å². The van der Waals surface area contributed by atoms with E-state index in [1.165, 1.54) is 7.05 Å². The maximum absolute atomic E-state index is 10.9. The molecule has 0 spiro atoms. The van der Waals surface area contributed by atoms with Crippen molar-refractivity contribution in [1.82, 2.24) is 14.3 Å². The molecule has 5 nitrogen and oxygen atoms in total. The Labute approximate surface area is 56.9 Å². The first-order chi connectivity index (χ1) is 4.66. The maximum Gasteiger partial charge on any atom is 0.346 e. The van der Waals surface area contributed by atoms with Crippen molar-refractivity contribution in [2.45, 2.75) is 13.5 Å². The molecule has 0 saturated heterocycles. The van der Waals surface area contributed by atoms with Gasteiger partial charge in [-0.3, -0.25) is 0 Å². The number of aryl methyl sites for hydroxylation is 1. The second-order valence-electron chi connectivity index (χ2n) is 2.00. The number of hydrogen-bond acceptors (Lipinski definition) is 2. The molecule has 0 atom stereocenters. The minimum atomic E-state index is -0.352. The van der Waals surface area contributed by atoms with Gasteiger partial charge in [0.25, 0.3) is 0 Å². The highest BCUT2D eigenvalue weighted by Crippen LogP contribution is 1.65. The van der Waals surface area contributed by atoms with Gasteiger partial charge in [-0.15, -0.1) is 0 Å². The number of aromatic amines is 1. The van der Waals surface area contributed by atoms with Crippen molar-refractivity contribution in [2.75, 3.05) is 0 Å². The van der Waals surface area contributed by atoms with Crippen LogP contribution in [0.15, 0.2) is 9.59 Å². The van der Waals surface area contributed by atoms with Crippen LogP contribution in [0.2, 0.25) is 0 Å². The van der Waals surface area contributed by atoms with E-state index in [-0.39, 0.29) is 11.4 Å². The number of nitrogens with zero attached hydrogens (tertiary/aromatic N) is 2. The summed E-state index contributed by atoms with van der Waals surface area (Å²) in [7, 11) is 1.51. The zero-order chi connectivity index (χ0) is 7.72.